The Bertz CT molecular complexity index is 1280. The van der Waals surface area contributed by atoms with Crippen molar-refractivity contribution in [3.8, 4) is 34.3 Å². The lowest BCUT2D eigenvalue weighted by molar-refractivity contribution is 0.102. The largest absolute Gasteiger partial charge is 0.497 e. The molecule has 4 rings (SSSR count). The Labute approximate surface area is 202 Å². The second-order valence-corrected chi connectivity index (χ2v) is 8.43. The number of carbonyl (C=O) groups excluding carboxylic acids is 1. The highest BCUT2D eigenvalue weighted by molar-refractivity contribution is 7.99. The monoisotopic (exact) mass is 475 g/mol. The molecule has 0 atom stereocenters. The van der Waals surface area contributed by atoms with Gasteiger partial charge in [0.05, 0.1) is 27.1 Å². The Kier molecular flexibility index (Phi) is 7.18. The number of hydrogen-bond acceptors (Lipinski definition) is 7. The number of nitrogens with zero attached hydrogens (tertiary/aromatic N) is 3. The van der Waals surface area contributed by atoms with E-state index in [2.05, 4.69) is 10.2 Å². The number of carbonyl (C=O) groups is 1. The SMILES string of the molecule is COc1ccc(C(=O)CSc2nnc(-c3ccc(OC)c(OC)c3)n2-c2ccc(C)cc2)cc1. The van der Waals surface area contributed by atoms with Crippen LogP contribution in [0.4, 0.5) is 0 Å². The van der Waals surface area contributed by atoms with Crippen molar-refractivity contribution in [2.45, 2.75) is 12.1 Å². The van der Waals surface area contributed by atoms with Gasteiger partial charge in [0.25, 0.3) is 0 Å². The average molecular weight is 476 g/mol. The zero-order chi connectivity index (χ0) is 24.1. The zero-order valence-electron chi connectivity index (χ0n) is 19.4. The molecule has 0 amide bonds. The summed E-state index contributed by atoms with van der Waals surface area (Å²) in [6, 6.07) is 20.8. The number of benzene rings is 3. The number of ketones is 1. The summed E-state index contributed by atoms with van der Waals surface area (Å²) in [6.07, 6.45) is 0. The van der Waals surface area contributed by atoms with E-state index in [1.54, 1.807) is 45.6 Å². The minimum absolute atomic E-state index is 0.00113. The van der Waals surface area contributed by atoms with Crippen molar-refractivity contribution >= 4 is 17.5 Å². The topological polar surface area (TPSA) is 75.5 Å². The number of methoxy groups -OCH3 is 3. The number of Topliss-reactive ketones (excluding diaryl/α,β-unsaturated/α-hetero) is 1. The fourth-order valence-electron chi connectivity index (χ4n) is 3.44. The Morgan fingerprint density at radius 3 is 2.21 bits per heavy atom. The lowest BCUT2D eigenvalue weighted by Crippen LogP contribution is -2.05. The molecule has 0 bridgehead atoms. The molecule has 7 nitrogen and oxygen atoms in total. The predicted molar refractivity (Wildman–Crippen MR) is 133 cm³/mol. The van der Waals surface area contributed by atoms with E-state index < -0.39 is 0 Å². The first-order valence-corrected chi connectivity index (χ1v) is 11.6. The van der Waals surface area contributed by atoms with Crippen molar-refractivity contribution < 1.29 is 19.0 Å². The summed E-state index contributed by atoms with van der Waals surface area (Å²) < 4.78 is 18.0. The second kappa shape index (κ2) is 10.4. The van der Waals surface area contributed by atoms with Crippen molar-refractivity contribution in [3.63, 3.8) is 0 Å². The van der Waals surface area contributed by atoms with E-state index in [0.717, 1.165) is 16.8 Å². The summed E-state index contributed by atoms with van der Waals surface area (Å²) in [5, 5.41) is 9.49. The molecule has 1 aromatic heterocycles. The highest BCUT2D eigenvalue weighted by Crippen LogP contribution is 2.34. The molecule has 0 aliphatic carbocycles. The molecule has 8 heteroatoms. The smallest absolute Gasteiger partial charge is 0.196 e. The van der Waals surface area contributed by atoms with Crippen molar-refractivity contribution in [2.75, 3.05) is 27.1 Å². The standard InChI is InChI=1S/C26H25N3O4S/c1-17-5-10-20(11-6-17)29-25(19-9-14-23(32-3)24(15-19)33-4)27-28-26(29)34-16-22(30)18-7-12-21(31-2)13-8-18/h5-15H,16H2,1-4H3. The molecule has 174 valence electrons. The minimum Gasteiger partial charge on any atom is -0.497 e. The number of thioether (sulfide) groups is 1. The van der Waals surface area contributed by atoms with Gasteiger partial charge in [-0.15, -0.1) is 10.2 Å². The van der Waals surface area contributed by atoms with Crippen LogP contribution >= 0.6 is 11.8 Å². The Hall–Kier alpha value is -3.78. The van der Waals surface area contributed by atoms with Gasteiger partial charge in [-0.3, -0.25) is 9.36 Å². The van der Waals surface area contributed by atoms with Gasteiger partial charge in [-0.2, -0.15) is 0 Å². The van der Waals surface area contributed by atoms with Crippen molar-refractivity contribution in [1.82, 2.24) is 14.8 Å². The first kappa shape index (κ1) is 23.4. The van der Waals surface area contributed by atoms with Gasteiger partial charge in [0.15, 0.2) is 28.3 Å². The number of hydrogen-bond donors (Lipinski definition) is 0. The third-order valence-corrected chi connectivity index (χ3v) is 6.24. The maximum Gasteiger partial charge on any atom is 0.196 e. The van der Waals surface area contributed by atoms with Crippen LogP contribution in [0, 0.1) is 6.92 Å². The molecule has 0 aliphatic heterocycles. The lowest BCUT2D eigenvalue weighted by atomic mass is 10.1. The fourth-order valence-corrected chi connectivity index (χ4v) is 4.29. The summed E-state index contributed by atoms with van der Waals surface area (Å²) in [5.74, 6) is 2.81. The fraction of sp³-hybridized carbons (Fsp3) is 0.192. The van der Waals surface area contributed by atoms with Crippen LogP contribution in [-0.2, 0) is 0 Å². The summed E-state index contributed by atoms with van der Waals surface area (Å²) in [5.41, 5.74) is 3.49. The summed E-state index contributed by atoms with van der Waals surface area (Å²) in [4.78, 5) is 12.8. The number of ether oxygens (including phenoxy) is 3. The molecule has 34 heavy (non-hydrogen) atoms. The van der Waals surface area contributed by atoms with Crippen LogP contribution in [0.1, 0.15) is 15.9 Å². The number of rotatable bonds is 9. The van der Waals surface area contributed by atoms with Crippen LogP contribution in [0.2, 0.25) is 0 Å². The maximum atomic E-state index is 12.8. The molecule has 0 saturated carbocycles. The van der Waals surface area contributed by atoms with Crippen molar-refractivity contribution in [3.05, 3.63) is 77.9 Å². The van der Waals surface area contributed by atoms with E-state index in [1.165, 1.54) is 11.8 Å². The maximum absolute atomic E-state index is 12.8. The molecule has 0 N–H and O–H groups in total. The van der Waals surface area contributed by atoms with Gasteiger partial charge in [0.2, 0.25) is 0 Å². The molecular weight excluding hydrogens is 450 g/mol. The summed E-state index contributed by atoms with van der Waals surface area (Å²) in [7, 11) is 4.79. The third-order valence-electron chi connectivity index (χ3n) is 5.31. The molecule has 0 aliphatic rings. The Morgan fingerprint density at radius 2 is 1.56 bits per heavy atom. The van der Waals surface area contributed by atoms with Crippen LogP contribution in [0.15, 0.2) is 71.9 Å². The van der Waals surface area contributed by atoms with Gasteiger partial charge in [0.1, 0.15) is 5.75 Å². The molecule has 3 aromatic carbocycles. The van der Waals surface area contributed by atoms with E-state index in [4.69, 9.17) is 14.2 Å². The Morgan fingerprint density at radius 1 is 0.853 bits per heavy atom. The van der Waals surface area contributed by atoms with E-state index in [0.29, 0.717) is 33.8 Å². The quantitative estimate of drug-likeness (QED) is 0.242. The zero-order valence-corrected chi connectivity index (χ0v) is 20.3. The number of aromatic nitrogens is 3. The summed E-state index contributed by atoms with van der Waals surface area (Å²) >= 11 is 1.34. The van der Waals surface area contributed by atoms with E-state index >= 15 is 0 Å². The first-order chi connectivity index (χ1) is 16.5. The molecule has 0 unspecified atom stereocenters. The van der Waals surface area contributed by atoms with Crippen LogP contribution in [-0.4, -0.2) is 47.6 Å². The average Bonchev–Trinajstić information content (AvgIpc) is 3.31. The molecule has 1 heterocycles. The third kappa shape index (κ3) is 4.92. The molecule has 0 fully saturated rings. The van der Waals surface area contributed by atoms with Gasteiger partial charge < -0.3 is 14.2 Å². The van der Waals surface area contributed by atoms with Crippen LogP contribution < -0.4 is 14.2 Å². The van der Waals surface area contributed by atoms with Gasteiger partial charge in [-0.1, -0.05) is 29.5 Å². The van der Waals surface area contributed by atoms with Gasteiger partial charge in [-0.25, -0.2) is 0 Å². The highest BCUT2D eigenvalue weighted by Gasteiger charge is 2.19. The normalized spacial score (nSPS) is 10.7. The number of aryl methyl sites for hydroxylation is 1. The molecule has 4 aromatic rings. The lowest BCUT2D eigenvalue weighted by Gasteiger charge is -2.12. The van der Waals surface area contributed by atoms with Gasteiger partial charge >= 0.3 is 0 Å². The molecular formula is C26H25N3O4S. The molecule has 0 radical (unpaired) electrons. The van der Waals surface area contributed by atoms with Crippen LogP contribution in [0.3, 0.4) is 0 Å². The summed E-state index contributed by atoms with van der Waals surface area (Å²) in [6.45, 7) is 2.04. The Balaban J connectivity index is 1.68. The minimum atomic E-state index is -0.00113. The molecule has 0 saturated heterocycles. The highest BCUT2D eigenvalue weighted by atomic mass is 32.2. The van der Waals surface area contributed by atoms with Gasteiger partial charge in [0, 0.05) is 16.8 Å². The molecule has 0 spiro atoms. The predicted octanol–water partition coefficient (Wildman–Crippen LogP) is 5.24. The van der Waals surface area contributed by atoms with Crippen molar-refractivity contribution in [1.29, 1.82) is 0 Å². The van der Waals surface area contributed by atoms with Crippen LogP contribution in [0.5, 0.6) is 17.2 Å². The van der Waals surface area contributed by atoms with E-state index in [9.17, 15) is 4.79 Å². The van der Waals surface area contributed by atoms with Crippen LogP contribution in [0.25, 0.3) is 17.1 Å². The van der Waals surface area contributed by atoms with Gasteiger partial charge in [-0.05, 0) is 61.5 Å². The second-order valence-electron chi connectivity index (χ2n) is 7.49. The first-order valence-electron chi connectivity index (χ1n) is 10.6. The van der Waals surface area contributed by atoms with E-state index in [-0.39, 0.29) is 11.5 Å². The van der Waals surface area contributed by atoms with E-state index in [1.807, 2.05) is 54.0 Å². The van der Waals surface area contributed by atoms with Crippen molar-refractivity contribution in [2.24, 2.45) is 0 Å².